The molecule has 144 valence electrons. The molecular formula is C19H15ClN2O4S2. The Hall–Kier alpha value is -2.29. The summed E-state index contributed by atoms with van der Waals surface area (Å²) < 4.78 is 23.4. The van der Waals surface area contributed by atoms with E-state index in [4.69, 9.17) is 23.8 Å². The number of hydrogen-bond donors (Lipinski definition) is 2. The van der Waals surface area contributed by atoms with Crippen LogP contribution >= 0.6 is 23.8 Å². The van der Waals surface area contributed by atoms with Gasteiger partial charge >= 0.3 is 0 Å². The number of sulfone groups is 1. The summed E-state index contributed by atoms with van der Waals surface area (Å²) >= 11 is 11.4. The predicted octanol–water partition coefficient (Wildman–Crippen LogP) is 2.15. The van der Waals surface area contributed by atoms with Crippen LogP contribution < -0.4 is 10.6 Å². The minimum absolute atomic E-state index is 0.110. The molecule has 2 aromatic rings. The molecule has 0 bridgehead atoms. The highest BCUT2D eigenvalue weighted by Crippen LogP contribution is 2.32. The number of alkyl halides is 1. The predicted molar refractivity (Wildman–Crippen MR) is 111 cm³/mol. The summed E-state index contributed by atoms with van der Waals surface area (Å²) in [5.41, 5.74) is 1.65. The second-order valence-corrected chi connectivity index (χ2v) is 9.85. The molecule has 2 aliphatic rings. The van der Waals surface area contributed by atoms with Crippen LogP contribution in [-0.2, 0) is 9.84 Å². The van der Waals surface area contributed by atoms with Gasteiger partial charge in [0.05, 0.1) is 34.2 Å². The molecule has 0 spiro atoms. The second-order valence-electron chi connectivity index (χ2n) is 6.73. The number of nitrogens with one attached hydrogen (secondary N) is 2. The van der Waals surface area contributed by atoms with Crippen LogP contribution in [0, 0.1) is 0 Å². The summed E-state index contributed by atoms with van der Waals surface area (Å²) in [4.78, 5) is 25.8. The van der Waals surface area contributed by atoms with Crippen LogP contribution in [0.3, 0.4) is 0 Å². The Morgan fingerprint density at radius 2 is 1.61 bits per heavy atom. The summed E-state index contributed by atoms with van der Waals surface area (Å²) in [5, 5.41) is 5.36. The molecule has 2 N–H and O–H groups in total. The first-order chi connectivity index (χ1) is 13.3. The minimum Gasteiger partial charge on any atom is -0.357 e. The quantitative estimate of drug-likeness (QED) is 0.471. The van der Waals surface area contributed by atoms with E-state index in [0.717, 1.165) is 0 Å². The van der Waals surface area contributed by atoms with Crippen LogP contribution in [0.15, 0.2) is 42.5 Å². The van der Waals surface area contributed by atoms with Crippen molar-refractivity contribution in [3.05, 3.63) is 64.7 Å². The molecule has 1 fully saturated rings. The molecule has 2 atom stereocenters. The van der Waals surface area contributed by atoms with E-state index in [2.05, 4.69) is 10.6 Å². The summed E-state index contributed by atoms with van der Waals surface area (Å²) in [6.07, 6.45) is 0. The molecule has 1 saturated heterocycles. The van der Waals surface area contributed by atoms with Crippen molar-refractivity contribution in [2.75, 3.05) is 16.8 Å². The van der Waals surface area contributed by atoms with Crippen molar-refractivity contribution in [3.63, 3.8) is 0 Å². The van der Waals surface area contributed by atoms with Crippen LogP contribution in [0.2, 0.25) is 0 Å². The Balaban J connectivity index is 1.62. The monoisotopic (exact) mass is 434 g/mol. The van der Waals surface area contributed by atoms with E-state index in [0.29, 0.717) is 22.4 Å². The number of carbonyl (C=O) groups excluding carboxylic acids is 2. The minimum atomic E-state index is -3.21. The Morgan fingerprint density at radius 3 is 2.25 bits per heavy atom. The van der Waals surface area contributed by atoms with E-state index in [-0.39, 0.29) is 33.7 Å². The summed E-state index contributed by atoms with van der Waals surface area (Å²) in [7, 11) is -3.21. The third-order valence-corrected chi connectivity index (χ3v) is 7.40. The Morgan fingerprint density at radius 1 is 0.964 bits per heavy atom. The van der Waals surface area contributed by atoms with E-state index in [9.17, 15) is 18.0 Å². The van der Waals surface area contributed by atoms with E-state index in [1.54, 1.807) is 42.5 Å². The van der Waals surface area contributed by atoms with Crippen LogP contribution in [0.25, 0.3) is 0 Å². The number of rotatable bonds is 2. The van der Waals surface area contributed by atoms with E-state index < -0.39 is 21.3 Å². The highest BCUT2D eigenvalue weighted by molar-refractivity contribution is 7.91. The highest BCUT2D eigenvalue weighted by atomic mass is 35.5. The highest BCUT2D eigenvalue weighted by Gasteiger charge is 2.37. The molecule has 0 saturated carbocycles. The number of fused-ring (bicyclic) bond motifs is 2. The van der Waals surface area contributed by atoms with E-state index >= 15 is 0 Å². The molecule has 1 heterocycles. The molecule has 1 aliphatic carbocycles. The van der Waals surface area contributed by atoms with Gasteiger partial charge in [0.1, 0.15) is 0 Å². The van der Waals surface area contributed by atoms with Crippen LogP contribution in [0.5, 0.6) is 0 Å². The van der Waals surface area contributed by atoms with Gasteiger partial charge in [-0.1, -0.05) is 36.4 Å². The molecule has 2 aromatic carbocycles. The van der Waals surface area contributed by atoms with Crippen LogP contribution in [0.4, 0.5) is 5.69 Å². The first-order valence-electron chi connectivity index (χ1n) is 8.50. The fraction of sp³-hybridized carbons (Fsp3) is 0.211. The van der Waals surface area contributed by atoms with Gasteiger partial charge in [0, 0.05) is 16.7 Å². The number of thiocarbonyl (C=S) groups is 1. The first kappa shape index (κ1) is 19.0. The van der Waals surface area contributed by atoms with E-state index in [1.807, 2.05) is 0 Å². The standard InChI is InChI=1S/C19H15ClN2O4S2/c20-13-8-28(25,26)9-15(13)22-19(27)21-14-7-3-6-12-16(14)18(24)11-5-2-1-4-10(11)17(12)23/h1-7,13,15H,8-9H2,(H2,21,22,27). The maximum Gasteiger partial charge on any atom is 0.196 e. The fourth-order valence-corrected chi connectivity index (χ4v) is 6.32. The Bertz CT molecular complexity index is 1130. The third kappa shape index (κ3) is 3.32. The van der Waals surface area contributed by atoms with Gasteiger partial charge in [0.2, 0.25) is 0 Å². The summed E-state index contributed by atoms with van der Waals surface area (Å²) in [6, 6.07) is 11.1. The molecule has 1 aliphatic heterocycles. The van der Waals surface area contributed by atoms with Crippen molar-refractivity contribution in [2.24, 2.45) is 0 Å². The number of carbonyl (C=O) groups is 2. The SMILES string of the molecule is O=C1c2ccccc2C(=O)c2c(NC(=S)NC3CS(=O)(=O)CC3Cl)cccc21. The van der Waals surface area contributed by atoms with Gasteiger partial charge in [0.15, 0.2) is 26.5 Å². The van der Waals surface area contributed by atoms with Gasteiger partial charge in [-0.2, -0.15) is 0 Å². The van der Waals surface area contributed by atoms with Crippen molar-refractivity contribution in [2.45, 2.75) is 11.4 Å². The van der Waals surface area contributed by atoms with Gasteiger partial charge in [-0.25, -0.2) is 8.42 Å². The molecular weight excluding hydrogens is 420 g/mol. The molecule has 0 aromatic heterocycles. The normalized spacial score (nSPS) is 22.3. The lowest BCUT2D eigenvalue weighted by atomic mass is 9.83. The topological polar surface area (TPSA) is 92.3 Å². The Labute approximate surface area is 172 Å². The largest absolute Gasteiger partial charge is 0.357 e. The van der Waals surface area contributed by atoms with Crippen LogP contribution in [0.1, 0.15) is 31.8 Å². The molecule has 2 unspecified atom stereocenters. The maximum atomic E-state index is 13.0. The fourth-order valence-electron chi connectivity index (χ4n) is 3.51. The molecule has 6 nitrogen and oxygen atoms in total. The second kappa shape index (κ2) is 6.95. The average Bonchev–Trinajstić information content (AvgIpc) is 2.90. The number of anilines is 1. The van der Waals surface area contributed by atoms with Crippen molar-refractivity contribution in [1.29, 1.82) is 0 Å². The molecule has 4 rings (SSSR count). The smallest absolute Gasteiger partial charge is 0.196 e. The number of ketones is 2. The van der Waals surface area contributed by atoms with Gasteiger partial charge < -0.3 is 10.6 Å². The van der Waals surface area contributed by atoms with Gasteiger partial charge in [-0.15, -0.1) is 11.6 Å². The summed E-state index contributed by atoms with van der Waals surface area (Å²) in [6.45, 7) is 0. The number of halogens is 1. The number of benzene rings is 2. The van der Waals surface area contributed by atoms with Gasteiger partial charge in [-0.3, -0.25) is 9.59 Å². The molecule has 9 heteroatoms. The molecule has 0 amide bonds. The molecule has 28 heavy (non-hydrogen) atoms. The van der Waals surface area contributed by atoms with Crippen molar-refractivity contribution in [3.8, 4) is 0 Å². The van der Waals surface area contributed by atoms with E-state index in [1.165, 1.54) is 0 Å². The number of hydrogen-bond acceptors (Lipinski definition) is 5. The van der Waals surface area contributed by atoms with Gasteiger partial charge in [0.25, 0.3) is 0 Å². The van der Waals surface area contributed by atoms with Gasteiger partial charge in [-0.05, 0) is 18.3 Å². The zero-order valence-electron chi connectivity index (χ0n) is 14.4. The molecule has 0 radical (unpaired) electrons. The first-order valence-corrected chi connectivity index (χ1v) is 11.2. The third-order valence-electron chi connectivity index (χ3n) is 4.80. The summed E-state index contributed by atoms with van der Waals surface area (Å²) in [5.74, 6) is -0.717. The zero-order chi connectivity index (χ0) is 20.1. The zero-order valence-corrected chi connectivity index (χ0v) is 16.8. The lowest BCUT2D eigenvalue weighted by Gasteiger charge is -2.22. The van der Waals surface area contributed by atoms with Crippen molar-refractivity contribution in [1.82, 2.24) is 5.32 Å². The van der Waals surface area contributed by atoms with Crippen molar-refractivity contribution < 1.29 is 18.0 Å². The lowest BCUT2D eigenvalue weighted by molar-refractivity contribution is 0.0979. The Kier molecular flexibility index (Phi) is 4.73. The average molecular weight is 435 g/mol. The maximum absolute atomic E-state index is 13.0. The van der Waals surface area contributed by atoms with Crippen molar-refractivity contribution >= 4 is 56.0 Å². The lowest BCUT2D eigenvalue weighted by Crippen LogP contribution is -2.43. The van der Waals surface area contributed by atoms with Crippen LogP contribution in [-0.4, -0.2) is 48.0 Å².